The number of amides is 1. The van der Waals surface area contributed by atoms with E-state index >= 15 is 0 Å². The summed E-state index contributed by atoms with van der Waals surface area (Å²) in [6, 6.07) is 20.5. The zero-order valence-electron chi connectivity index (χ0n) is 19.4. The van der Waals surface area contributed by atoms with E-state index in [-0.39, 0.29) is 11.9 Å². The van der Waals surface area contributed by atoms with E-state index in [1.807, 2.05) is 59.2 Å². The number of aromatic nitrogens is 1. The summed E-state index contributed by atoms with van der Waals surface area (Å²) < 4.78 is 19.3. The first kappa shape index (κ1) is 23.0. The molecule has 0 bridgehead atoms. The second-order valence-corrected chi connectivity index (χ2v) is 9.00. The van der Waals surface area contributed by atoms with Crippen molar-refractivity contribution in [3.8, 4) is 11.5 Å². The van der Waals surface area contributed by atoms with Crippen LogP contribution in [0.25, 0.3) is 10.2 Å². The van der Waals surface area contributed by atoms with Gasteiger partial charge in [0.25, 0.3) is 5.91 Å². The molecule has 3 aromatic carbocycles. The van der Waals surface area contributed by atoms with Gasteiger partial charge in [-0.05, 0) is 37.3 Å². The van der Waals surface area contributed by atoms with E-state index in [0.717, 1.165) is 21.3 Å². The van der Waals surface area contributed by atoms with Crippen LogP contribution in [0.1, 0.15) is 34.3 Å². The lowest BCUT2D eigenvalue weighted by atomic mass is 9.87. The number of esters is 1. The van der Waals surface area contributed by atoms with Crippen molar-refractivity contribution in [3.63, 3.8) is 0 Å². The van der Waals surface area contributed by atoms with E-state index in [4.69, 9.17) is 14.2 Å². The lowest BCUT2D eigenvalue weighted by Gasteiger charge is -2.25. The van der Waals surface area contributed by atoms with Crippen molar-refractivity contribution in [2.45, 2.75) is 19.4 Å². The highest BCUT2D eigenvalue weighted by atomic mass is 32.1. The molecule has 4 aromatic rings. The average molecular weight is 489 g/mol. The Hall–Kier alpha value is -3.75. The Morgan fingerprint density at radius 1 is 1.03 bits per heavy atom. The molecular formula is C27H24N2O5S. The van der Waals surface area contributed by atoms with Gasteiger partial charge in [0.1, 0.15) is 11.5 Å². The first-order valence-corrected chi connectivity index (χ1v) is 12.2. The van der Waals surface area contributed by atoms with Crippen LogP contribution in [0.4, 0.5) is 0 Å². The fraction of sp³-hybridized carbons (Fsp3) is 0.222. The number of hydrogen-bond acceptors (Lipinski definition) is 6. The Balaban J connectivity index is 1.63. The van der Waals surface area contributed by atoms with Crippen LogP contribution in [0.15, 0.2) is 71.7 Å². The third-order valence-corrected chi connectivity index (χ3v) is 6.89. The van der Waals surface area contributed by atoms with Crippen molar-refractivity contribution < 1.29 is 23.8 Å². The molecule has 1 aliphatic rings. The van der Waals surface area contributed by atoms with Gasteiger partial charge in [-0.2, -0.15) is 4.99 Å². The zero-order valence-corrected chi connectivity index (χ0v) is 20.2. The summed E-state index contributed by atoms with van der Waals surface area (Å²) in [5.74, 6) is 0.0740. The van der Waals surface area contributed by atoms with Crippen LogP contribution in [-0.4, -0.2) is 36.8 Å². The summed E-state index contributed by atoms with van der Waals surface area (Å²) in [6.45, 7) is 3.05. The lowest BCUT2D eigenvalue weighted by molar-refractivity contribution is -0.118. The third kappa shape index (κ3) is 4.38. The zero-order chi connectivity index (χ0) is 24.4. The largest absolute Gasteiger partial charge is 0.462 e. The van der Waals surface area contributed by atoms with Gasteiger partial charge < -0.3 is 18.8 Å². The number of carbonyl (C=O) groups excluding carboxylic acids is 2. The predicted molar refractivity (Wildman–Crippen MR) is 133 cm³/mol. The van der Waals surface area contributed by atoms with Crippen molar-refractivity contribution >= 4 is 33.4 Å². The molecular weight excluding hydrogens is 464 g/mol. The molecule has 8 heteroatoms. The van der Waals surface area contributed by atoms with Crippen LogP contribution in [0.3, 0.4) is 0 Å². The van der Waals surface area contributed by atoms with E-state index in [1.165, 1.54) is 11.3 Å². The third-order valence-electron chi connectivity index (χ3n) is 5.85. The Bertz CT molecular complexity index is 1440. The van der Waals surface area contributed by atoms with E-state index in [0.29, 0.717) is 41.6 Å². The van der Waals surface area contributed by atoms with Gasteiger partial charge in [0, 0.05) is 24.8 Å². The summed E-state index contributed by atoms with van der Waals surface area (Å²) in [5.41, 5.74) is 2.91. The Morgan fingerprint density at radius 2 is 1.71 bits per heavy atom. The minimum atomic E-state index is -0.577. The summed E-state index contributed by atoms with van der Waals surface area (Å²) in [7, 11) is 1.63. The SMILES string of the molecule is CCOC(=O)c1ccc2c(c1)sc(=NC(=O)C1c3ccccc3Oc3ccccc31)n2CCOC. The van der Waals surface area contributed by atoms with Crippen LogP contribution in [0, 0.1) is 0 Å². The van der Waals surface area contributed by atoms with Gasteiger partial charge in [-0.15, -0.1) is 0 Å². The van der Waals surface area contributed by atoms with Gasteiger partial charge in [0.05, 0.1) is 34.9 Å². The molecule has 5 rings (SSSR count). The Morgan fingerprint density at radius 3 is 2.37 bits per heavy atom. The number of thiazole rings is 1. The maximum atomic E-state index is 13.7. The molecule has 0 saturated carbocycles. The number of rotatable bonds is 6. The number of hydrogen-bond donors (Lipinski definition) is 0. The number of fused-ring (bicyclic) bond motifs is 3. The second-order valence-electron chi connectivity index (χ2n) is 7.99. The molecule has 1 amide bonds. The maximum Gasteiger partial charge on any atom is 0.338 e. The first-order chi connectivity index (χ1) is 17.1. The standard InChI is InChI=1S/C27H24N2O5S/c1-3-33-26(31)17-12-13-20-23(16-17)35-27(29(20)14-15-32-2)28-25(30)24-18-8-4-6-10-21(18)34-22-11-7-5-9-19(22)24/h4-13,16,24H,3,14-15H2,1-2H3. The number of ether oxygens (including phenoxy) is 3. The maximum absolute atomic E-state index is 13.7. The molecule has 2 heterocycles. The van der Waals surface area contributed by atoms with Crippen molar-refractivity contribution in [1.29, 1.82) is 0 Å². The molecule has 0 N–H and O–H groups in total. The van der Waals surface area contributed by atoms with Crippen molar-refractivity contribution in [3.05, 3.63) is 88.2 Å². The molecule has 0 spiro atoms. The number of nitrogens with zero attached hydrogens (tertiary/aromatic N) is 2. The van der Waals surface area contributed by atoms with Gasteiger partial charge >= 0.3 is 5.97 Å². The molecule has 0 radical (unpaired) electrons. The van der Waals surface area contributed by atoms with Crippen LogP contribution in [0.5, 0.6) is 11.5 Å². The minimum absolute atomic E-state index is 0.281. The molecule has 0 atom stereocenters. The first-order valence-electron chi connectivity index (χ1n) is 11.3. The number of para-hydroxylation sites is 2. The highest BCUT2D eigenvalue weighted by molar-refractivity contribution is 7.16. The molecule has 0 unspecified atom stereocenters. The fourth-order valence-electron chi connectivity index (χ4n) is 4.23. The van der Waals surface area contributed by atoms with E-state index in [9.17, 15) is 9.59 Å². The Kier molecular flexibility index (Phi) is 6.48. The topological polar surface area (TPSA) is 79.1 Å². The number of methoxy groups -OCH3 is 1. The average Bonchev–Trinajstić information content (AvgIpc) is 3.21. The molecule has 0 aliphatic carbocycles. The number of carbonyl (C=O) groups is 2. The predicted octanol–water partition coefficient (Wildman–Crippen LogP) is 4.89. The van der Waals surface area contributed by atoms with Gasteiger partial charge in [-0.3, -0.25) is 4.79 Å². The monoisotopic (exact) mass is 488 g/mol. The molecule has 0 fully saturated rings. The molecule has 178 valence electrons. The van der Waals surface area contributed by atoms with Crippen LogP contribution in [0.2, 0.25) is 0 Å². The highest BCUT2D eigenvalue weighted by Gasteiger charge is 2.32. The molecule has 0 saturated heterocycles. The summed E-state index contributed by atoms with van der Waals surface area (Å²) >= 11 is 1.36. The van der Waals surface area contributed by atoms with Gasteiger partial charge in [-0.25, -0.2) is 4.79 Å². The summed E-state index contributed by atoms with van der Waals surface area (Å²) in [6.07, 6.45) is 0. The van der Waals surface area contributed by atoms with Crippen LogP contribution >= 0.6 is 11.3 Å². The summed E-state index contributed by atoms with van der Waals surface area (Å²) in [4.78, 5) is 31.1. The summed E-state index contributed by atoms with van der Waals surface area (Å²) in [5, 5.41) is 0. The smallest absolute Gasteiger partial charge is 0.338 e. The molecule has 1 aliphatic heterocycles. The van der Waals surface area contributed by atoms with Crippen molar-refractivity contribution in [2.75, 3.05) is 20.3 Å². The molecule has 7 nitrogen and oxygen atoms in total. The lowest BCUT2D eigenvalue weighted by Crippen LogP contribution is -2.23. The molecule has 35 heavy (non-hydrogen) atoms. The fourth-order valence-corrected chi connectivity index (χ4v) is 5.33. The van der Waals surface area contributed by atoms with E-state index < -0.39 is 5.92 Å². The normalized spacial score (nSPS) is 13.3. The molecule has 1 aromatic heterocycles. The van der Waals surface area contributed by atoms with Gasteiger partial charge in [0.15, 0.2) is 4.80 Å². The van der Waals surface area contributed by atoms with Crippen LogP contribution < -0.4 is 9.54 Å². The van der Waals surface area contributed by atoms with Crippen molar-refractivity contribution in [2.24, 2.45) is 4.99 Å². The van der Waals surface area contributed by atoms with Crippen LogP contribution in [-0.2, 0) is 20.8 Å². The number of benzene rings is 3. The quantitative estimate of drug-likeness (QED) is 0.361. The Labute approximate surface area is 206 Å². The van der Waals surface area contributed by atoms with Gasteiger partial charge in [0.2, 0.25) is 0 Å². The van der Waals surface area contributed by atoms with Crippen molar-refractivity contribution in [1.82, 2.24) is 4.57 Å². The van der Waals surface area contributed by atoms with E-state index in [1.54, 1.807) is 26.2 Å². The minimum Gasteiger partial charge on any atom is -0.462 e. The van der Waals surface area contributed by atoms with E-state index in [2.05, 4.69) is 4.99 Å². The van der Waals surface area contributed by atoms with Gasteiger partial charge in [-0.1, -0.05) is 47.7 Å². The second kappa shape index (κ2) is 9.85. The highest BCUT2D eigenvalue weighted by Crippen LogP contribution is 2.44.